The third-order valence-corrected chi connectivity index (χ3v) is 4.78. The molecule has 0 saturated carbocycles. The Balaban J connectivity index is 1.70. The Morgan fingerprint density at radius 1 is 1.30 bits per heavy atom. The molecule has 20 heavy (non-hydrogen) atoms. The summed E-state index contributed by atoms with van der Waals surface area (Å²) in [6.07, 6.45) is 3.95. The normalized spacial score (nSPS) is 24.4. The molecule has 0 radical (unpaired) electrons. The monoisotopic (exact) mass is 294 g/mol. The van der Waals surface area contributed by atoms with E-state index >= 15 is 0 Å². The topological polar surface area (TPSA) is 31.4 Å². The molecule has 1 aromatic heterocycles. The number of nitrogens with one attached hydrogen (secondary N) is 1. The van der Waals surface area contributed by atoms with Crippen LogP contribution in [0.15, 0.2) is 12.1 Å². The van der Waals surface area contributed by atoms with Crippen molar-refractivity contribution in [3.63, 3.8) is 0 Å². The van der Waals surface area contributed by atoms with Crippen molar-refractivity contribution >= 4 is 17.4 Å². The first-order chi connectivity index (χ1) is 9.76. The molecule has 3 rings (SSSR count). The zero-order valence-corrected chi connectivity index (χ0v) is 12.9. The lowest BCUT2D eigenvalue weighted by atomic mass is 10.2. The predicted octanol–water partition coefficient (Wildman–Crippen LogP) is 2.45. The maximum Gasteiger partial charge on any atom is 0.126 e. The number of hydrogen-bond acceptors (Lipinski definition) is 4. The summed E-state index contributed by atoms with van der Waals surface area (Å²) >= 11 is 6.30. The molecule has 0 spiro atoms. The van der Waals surface area contributed by atoms with Crippen LogP contribution in [-0.2, 0) is 6.54 Å². The molecular formula is C15H23ClN4. The van der Waals surface area contributed by atoms with E-state index < -0.39 is 0 Å². The molecule has 3 heterocycles. The van der Waals surface area contributed by atoms with Gasteiger partial charge in [-0.2, -0.15) is 0 Å². The number of pyridine rings is 1. The first-order valence-electron chi connectivity index (χ1n) is 7.56. The van der Waals surface area contributed by atoms with Crippen molar-refractivity contribution in [2.24, 2.45) is 0 Å². The molecule has 0 bridgehead atoms. The molecule has 5 heteroatoms. The van der Waals surface area contributed by atoms with Crippen molar-refractivity contribution < 1.29 is 0 Å². The number of nitrogens with zero attached hydrogens (tertiary/aromatic N) is 3. The Hall–Kier alpha value is -0.840. The Bertz CT molecular complexity index is 465. The summed E-state index contributed by atoms with van der Waals surface area (Å²) in [6, 6.07) is 4.60. The van der Waals surface area contributed by atoms with Gasteiger partial charge in [-0.3, -0.25) is 9.80 Å². The van der Waals surface area contributed by atoms with Crippen LogP contribution in [0, 0.1) is 0 Å². The van der Waals surface area contributed by atoms with E-state index in [1.807, 2.05) is 19.2 Å². The van der Waals surface area contributed by atoms with Crippen LogP contribution in [0.3, 0.4) is 0 Å². The van der Waals surface area contributed by atoms with Crippen LogP contribution < -0.4 is 5.32 Å². The molecule has 2 saturated heterocycles. The number of anilines is 1. The molecule has 0 amide bonds. The standard InChI is InChI=1S/C15H23ClN4/c1-17-15-6-5-13(16)14(18-15)11-19-7-3-9-20-8-2-4-12(20)10-19/h5-6,12H,2-4,7-11H2,1H3,(H,17,18). The molecule has 0 aliphatic carbocycles. The van der Waals surface area contributed by atoms with E-state index in [2.05, 4.69) is 20.1 Å². The Morgan fingerprint density at radius 2 is 2.15 bits per heavy atom. The zero-order valence-electron chi connectivity index (χ0n) is 12.1. The first kappa shape index (κ1) is 14.1. The molecule has 1 unspecified atom stereocenters. The highest BCUT2D eigenvalue weighted by Gasteiger charge is 2.28. The highest BCUT2D eigenvalue weighted by Crippen LogP contribution is 2.24. The fourth-order valence-corrected chi connectivity index (χ4v) is 3.54. The van der Waals surface area contributed by atoms with E-state index in [9.17, 15) is 0 Å². The number of hydrogen-bond donors (Lipinski definition) is 1. The Labute approximate surface area is 126 Å². The quantitative estimate of drug-likeness (QED) is 0.928. The van der Waals surface area contributed by atoms with E-state index in [-0.39, 0.29) is 0 Å². The fraction of sp³-hybridized carbons (Fsp3) is 0.667. The minimum absolute atomic E-state index is 0.740. The number of aromatic nitrogens is 1. The summed E-state index contributed by atoms with van der Waals surface area (Å²) in [5.41, 5.74) is 0.991. The summed E-state index contributed by atoms with van der Waals surface area (Å²) < 4.78 is 0. The van der Waals surface area contributed by atoms with Crippen molar-refractivity contribution in [2.75, 3.05) is 38.5 Å². The number of rotatable bonds is 3. The summed E-state index contributed by atoms with van der Waals surface area (Å²) in [5.74, 6) is 0.890. The molecule has 1 N–H and O–H groups in total. The molecule has 2 aliphatic heterocycles. The lowest BCUT2D eigenvalue weighted by Gasteiger charge is -2.25. The van der Waals surface area contributed by atoms with Crippen LogP contribution in [0.2, 0.25) is 5.02 Å². The van der Waals surface area contributed by atoms with Gasteiger partial charge in [-0.15, -0.1) is 0 Å². The maximum atomic E-state index is 6.30. The van der Waals surface area contributed by atoms with Gasteiger partial charge in [0.2, 0.25) is 0 Å². The molecular weight excluding hydrogens is 272 g/mol. The smallest absolute Gasteiger partial charge is 0.126 e. The second-order valence-corrected chi connectivity index (χ2v) is 6.20. The average molecular weight is 295 g/mol. The van der Waals surface area contributed by atoms with Crippen molar-refractivity contribution in [2.45, 2.75) is 31.8 Å². The zero-order chi connectivity index (χ0) is 13.9. The summed E-state index contributed by atoms with van der Waals surface area (Å²) in [7, 11) is 1.89. The van der Waals surface area contributed by atoms with Crippen LogP contribution in [0.4, 0.5) is 5.82 Å². The van der Waals surface area contributed by atoms with E-state index in [1.54, 1.807) is 0 Å². The SMILES string of the molecule is CNc1ccc(Cl)c(CN2CCCN3CCCC3C2)n1. The van der Waals surface area contributed by atoms with Crippen LogP contribution in [0.25, 0.3) is 0 Å². The molecule has 0 aromatic carbocycles. The van der Waals surface area contributed by atoms with Crippen molar-refractivity contribution in [1.29, 1.82) is 0 Å². The third-order valence-electron chi connectivity index (χ3n) is 4.44. The van der Waals surface area contributed by atoms with Gasteiger partial charge in [-0.1, -0.05) is 11.6 Å². The van der Waals surface area contributed by atoms with Gasteiger partial charge in [0.05, 0.1) is 10.7 Å². The van der Waals surface area contributed by atoms with Gasteiger partial charge in [0.25, 0.3) is 0 Å². The van der Waals surface area contributed by atoms with Crippen LogP contribution in [-0.4, -0.2) is 54.1 Å². The van der Waals surface area contributed by atoms with Gasteiger partial charge >= 0.3 is 0 Å². The average Bonchev–Trinajstić information content (AvgIpc) is 2.80. The predicted molar refractivity (Wildman–Crippen MR) is 83.3 cm³/mol. The van der Waals surface area contributed by atoms with Gasteiger partial charge in [-0.05, 0) is 51.0 Å². The van der Waals surface area contributed by atoms with Gasteiger partial charge in [0.1, 0.15) is 5.82 Å². The van der Waals surface area contributed by atoms with Crippen LogP contribution >= 0.6 is 11.6 Å². The fourth-order valence-electron chi connectivity index (χ4n) is 3.37. The van der Waals surface area contributed by atoms with Crippen LogP contribution in [0.5, 0.6) is 0 Å². The molecule has 1 aromatic rings. The lowest BCUT2D eigenvalue weighted by molar-refractivity contribution is 0.214. The van der Waals surface area contributed by atoms with Crippen molar-refractivity contribution in [1.82, 2.24) is 14.8 Å². The molecule has 110 valence electrons. The van der Waals surface area contributed by atoms with Gasteiger partial charge in [-0.25, -0.2) is 4.98 Å². The Kier molecular flexibility index (Phi) is 4.44. The van der Waals surface area contributed by atoms with E-state index in [4.69, 9.17) is 11.6 Å². The van der Waals surface area contributed by atoms with Gasteiger partial charge in [0.15, 0.2) is 0 Å². The highest BCUT2D eigenvalue weighted by atomic mass is 35.5. The number of fused-ring (bicyclic) bond motifs is 1. The van der Waals surface area contributed by atoms with Crippen molar-refractivity contribution in [3.8, 4) is 0 Å². The first-order valence-corrected chi connectivity index (χ1v) is 7.93. The second kappa shape index (κ2) is 6.29. The molecule has 2 aliphatic rings. The summed E-state index contributed by atoms with van der Waals surface area (Å²) in [5, 5.41) is 3.86. The highest BCUT2D eigenvalue weighted by molar-refractivity contribution is 6.31. The molecule has 1 atom stereocenters. The molecule has 2 fully saturated rings. The summed E-state index contributed by atoms with van der Waals surface area (Å²) in [4.78, 5) is 9.77. The number of halogens is 1. The van der Waals surface area contributed by atoms with E-state index in [1.165, 1.54) is 32.4 Å². The largest absolute Gasteiger partial charge is 0.373 e. The van der Waals surface area contributed by atoms with Gasteiger partial charge < -0.3 is 5.32 Å². The summed E-state index contributed by atoms with van der Waals surface area (Å²) in [6.45, 7) is 5.70. The maximum absolute atomic E-state index is 6.30. The van der Waals surface area contributed by atoms with Gasteiger partial charge in [0, 0.05) is 26.2 Å². The van der Waals surface area contributed by atoms with E-state index in [0.717, 1.165) is 42.2 Å². The minimum Gasteiger partial charge on any atom is -0.373 e. The van der Waals surface area contributed by atoms with Crippen LogP contribution in [0.1, 0.15) is 25.0 Å². The molecule has 4 nitrogen and oxygen atoms in total. The third kappa shape index (κ3) is 3.08. The minimum atomic E-state index is 0.740. The van der Waals surface area contributed by atoms with Crippen molar-refractivity contribution in [3.05, 3.63) is 22.8 Å². The lowest BCUT2D eigenvalue weighted by Crippen LogP contribution is -2.36. The van der Waals surface area contributed by atoms with E-state index in [0.29, 0.717) is 0 Å². The second-order valence-electron chi connectivity index (χ2n) is 5.80. The Morgan fingerprint density at radius 3 is 3.00 bits per heavy atom.